The van der Waals surface area contributed by atoms with Crippen molar-refractivity contribution in [3.63, 3.8) is 0 Å². The van der Waals surface area contributed by atoms with Crippen molar-refractivity contribution < 1.29 is 44.4 Å². The van der Waals surface area contributed by atoms with Gasteiger partial charge in [0.05, 0.1) is 23.7 Å². The second kappa shape index (κ2) is 9.16. The molecule has 3 unspecified atom stereocenters. The monoisotopic (exact) mass is 536 g/mol. The Balaban J connectivity index is 1.68. The molecule has 5 rings (SSSR count). The van der Waals surface area contributed by atoms with Gasteiger partial charge in [-0.2, -0.15) is 0 Å². The number of aliphatic hydroxyl groups excluding tert-OH is 2. The van der Waals surface area contributed by atoms with Crippen LogP contribution in [0.15, 0.2) is 36.4 Å². The van der Waals surface area contributed by atoms with Crippen molar-refractivity contribution in [3.05, 3.63) is 53.1 Å². The minimum atomic E-state index is -2.97. The molecule has 6 N–H and O–H groups in total. The van der Waals surface area contributed by atoms with Crippen LogP contribution in [-0.4, -0.2) is 92.8 Å². The first-order chi connectivity index (χ1) is 18.4. The minimum Gasteiger partial charge on any atom is -0.507 e. The molecule has 2 aromatic rings. The highest BCUT2D eigenvalue weighted by atomic mass is 16.3. The van der Waals surface area contributed by atoms with Gasteiger partial charge in [0.15, 0.2) is 23.0 Å². The smallest absolute Gasteiger partial charge is 0.230 e. The molecule has 0 radical (unpaired) electrons. The lowest BCUT2D eigenvalue weighted by Gasteiger charge is -2.56. The summed E-state index contributed by atoms with van der Waals surface area (Å²) in [4.78, 5) is 65.7. The van der Waals surface area contributed by atoms with Gasteiger partial charge < -0.3 is 31.1 Å². The number of aromatic hydroxyl groups is 1. The maximum Gasteiger partial charge on any atom is 0.230 e. The molecule has 0 heterocycles. The summed E-state index contributed by atoms with van der Waals surface area (Å²) in [7, 11) is 2.98. The largest absolute Gasteiger partial charge is 0.507 e. The second-order valence-electron chi connectivity index (χ2n) is 10.8. The lowest BCUT2D eigenvalue weighted by Crippen LogP contribution is -2.78. The Morgan fingerprint density at radius 2 is 1.67 bits per heavy atom. The Morgan fingerprint density at radius 1 is 1.03 bits per heavy atom. The fraction of sp³-hybridized carbons (Fsp3) is 0.393. The van der Waals surface area contributed by atoms with Crippen LogP contribution >= 0.6 is 0 Å². The van der Waals surface area contributed by atoms with Gasteiger partial charge >= 0.3 is 0 Å². The number of hydrogen-bond donors (Lipinski definition) is 5. The van der Waals surface area contributed by atoms with Crippen LogP contribution in [0, 0.1) is 23.7 Å². The van der Waals surface area contributed by atoms with Gasteiger partial charge in [-0.3, -0.25) is 24.0 Å². The number of phenolic OH excluding ortho intramolecular Hbond substituents is 1. The Hall–Kier alpha value is -3.77. The van der Waals surface area contributed by atoms with E-state index in [0.29, 0.717) is 28.5 Å². The lowest BCUT2D eigenvalue weighted by atomic mass is 9.50. The predicted octanol–water partition coefficient (Wildman–Crippen LogP) is -0.891. The van der Waals surface area contributed by atoms with Crippen LogP contribution in [-0.2, 0) is 20.8 Å². The van der Waals surface area contributed by atoms with Gasteiger partial charge in [-0.05, 0) is 43.3 Å². The van der Waals surface area contributed by atoms with Crippen molar-refractivity contribution in [2.75, 3.05) is 14.1 Å². The van der Waals surface area contributed by atoms with Crippen molar-refractivity contribution in [1.82, 2.24) is 4.90 Å². The molecule has 2 fully saturated rings. The number of nitrogens with two attached hydrogens (primary N) is 1. The van der Waals surface area contributed by atoms with Crippen LogP contribution in [0.4, 0.5) is 0 Å². The third-order valence-corrected chi connectivity index (χ3v) is 8.61. The first-order valence-electron chi connectivity index (χ1n) is 12.4. The Labute approximate surface area is 222 Å². The fourth-order valence-electron chi connectivity index (χ4n) is 6.84. The summed E-state index contributed by atoms with van der Waals surface area (Å²) in [6.45, 7) is 0. The Kier molecular flexibility index (Phi) is 6.30. The lowest BCUT2D eigenvalue weighted by molar-refractivity contribution is -0.207. The molecule has 0 saturated heterocycles. The molecule has 3 aliphatic rings. The summed E-state index contributed by atoms with van der Waals surface area (Å²) < 4.78 is 0. The van der Waals surface area contributed by atoms with Crippen molar-refractivity contribution in [2.45, 2.75) is 30.3 Å². The number of likely N-dealkylation sites (N-methyl/N-ethyl adjacent to an activating group) is 1. The maximum absolute atomic E-state index is 13.9. The summed E-state index contributed by atoms with van der Waals surface area (Å²) in [5.74, 6) is -11.4. The number of aldehydes is 1. The van der Waals surface area contributed by atoms with Gasteiger partial charge in [-0.15, -0.1) is 0 Å². The van der Waals surface area contributed by atoms with Crippen LogP contribution in [0.1, 0.15) is 26.3 Å². The van der Waals surface area contributed by atoms with E-state index in [1.165, 1.54) is 25.1 Å². The zero-order chi connectivity index (χ0) is 28.5. The van der Waals surface area contributed by atoms with Gasteiger partial charge in [0.1, 0.15) is 18.0 Å². The predicted molar refractivity (Wildman–Crippen MR) is 135 cm³/mol. The van der Waals surface area contributed by atoms with Crippen molar-refractivity contribution >= 4 is 29.5 Å². The van der Waals surface area contributed by atoms with Crippen LogP contribution in [0.3, 0.4) is 0 Å². The number of ketones is 3. The van der Waals surface area contributed by atoms with E-state index in [1.807, 2.05) is 0 Å². The zero-order valence-corrected chi connectivity index (χ0v) is 21.1. The van der Waals surface area contributed by atoms with E-state index >= 15 is 0 Å². The van der Waals surface area contributed by atoms with E-state index in [0.717, 1.165) is 0 Å². The molecular weight excluding hydrogens is 508 g/mol. The van der Waals surface area contributed by atoms with Crippen LogP contribution in [0.2, 0.25) is 0 Å². The molecule has 2 saturated carbocycles. The first kappa shape index (κ1) is 26.8. The van der Waals surface area contributed by atoms with Gasteiger partial charge in [0, 0.05) is 23.4 Å². The third-order valence-electron chi connectivity index (χ3n) is 8.61. The normalized spacial score (nSPS) is 33.8. The molecule has 204 valence electrons. The average Bonchev–Trinajstić information content (AvgIpc) is 2.88. The molecule has 0 bridgehead atoms. The number of phenols is 1. The molecule has 11 nitrogen and oxygen atoms in total. The number of fused-ring (bicyclic) bond motifs is 3. The molecule has 0 aliphatic heterocycles. The Morgan fingerprint density at radius 3 is 2.23 bits per heavy atom. The number of benzene rings is 2. The van der Waals surface area contributed by atoms with Crippen molar-refractivity contribution in [2.24, 2.45) is 29.4 Å². The summed E-state index contributed by atoms with van der Waals surface area (Å²) in [5.41, 5.74) is 4.16. The molecule has 1 amide bonds. The summed E-state index contributed by atoms with van der Waals surface area (Å²) in [6.07, 6.45) is -2.76. The number of carbonyl (C=O) groups is 5. The molecule has 11 heteroatoms. The van der Waals surface area contributed by atoms with Gasteiger partial charge in [-0.25, -0.2) is 0 Å². The standard InChI is InChI=1S/C28H28N2O9/c1-30(2)21-20-22(33)15-9-14-13(12-5-3-11(10-31)4-6-12)7-8-16(32)17(14)23(34)18(15)25(36)28(20,39)26(37)19(24(21)35)27(29)38/h3-8,10,15,18-22,24,32-33,35,39H,9H2,1-2H3,(H2,29,38)/t15-,18?,19?,20-,21+,22+,24?,28+/m0/s1. The van der Waals surface area contributed by atoms with Gasteiger partial charge in [-0.1, -0.05) is 30.3 Å². The maximum atomic E-state index is 13.9. The number of primary amides is 1. The number of Topliss-reactive ketones (excluding diaryl/α,β-unsaturated/α-hetero) is 3. The van der Waals surface area contributed by atoms with Crippen LogP contribution in [0.5, 0.6) is 5.75 Å². The number of aliphatic hydroxyl groups is 3. The summed E-state index contributed by atoms with van der Waals surface area (Å²) in [5, 5.41) is 44.9. The molecule has 8 atom stereocenters. The highest BCUT2D eigenvalue weighted by Crippen LogP contribution is 2.52. The van der Waals surface area contributed by atoms with Crippen molar-refractivity contribution in [1.29, 1.82) is 0 Å². The van der Waals surface area contributed by atoms with Crippen LogP contribution in [0.25, 0.3) is 11.1 Å². The molecule has 0 aromatic heterocycles. The van der Waals surface area contributed by atoms with E-state index in [1.54, 1.807) is 30.3 Å². The SMILES string of the molecule is CN(C)[C@H]1C(O)C(C(N)=O)C(=O)[C@]2(O)C(=O)C3C(=O)c4c(O)ccc(-c5ccc(C=O)cc5)c4C[C@@H]3[C@@H](O)[C@H]12. The van der Waals surface area contributed by atoms with E-state index in [-0.39, 0.29) is 12.0 Å². The zero-order valence-electron chi connectivity index (χ0n) is 21.1. The molecule has 39 heavy (non-hydrogen) atoms. The molecule has 3 aliphatic carbocycles. The third kappa shape index (κ3) is 3.61. The number of nitrogens with zero attached hydrogens (tertiary/aromatic N) is 1. The van der Waals surface area contributed by atoms with E-state index in [2.05, 4.69) is 0 Å². The summed E-state index contributed by atoms with van der Waals surface area (Å²) >= 11 is 0. The highest BCUT2D eigenvalue weighted by Gasteiger charge is 2.72. The number of carbonyl (C=O) groups excluding carboxylic acids is 5. The quantitative estimate of drug-likeness (QED) is 0.241. The number of hydrogen-bond acceptors (Lipinski definition) is 10. The Bertz CT molecular complexity index is 1420. The average molecular weight is 537 g/mol. The highest BCUT2D eigenvalue weighted by molar-refractivity contribution is 6.26. The van der Waals surface area contributed by atoms with Gasteiger partial charge in [0.2, 0.25) is 5.91 Å². The van der Waals surface area contributed by atoms with E-state index < -0.39 is 76.5 Å². The van der Waals surface area contributed by atoms with Crippen LogP contribution < -0.4 is 5.73 Å². The molecule has 0 spiro atoms. The van der Waals surface area contributed by atoms with Gasteiger partial charge in [0.25, 0.3) is 0 Å². The first-order valence-corrected chi connectivity index (χ1v) is 12.4. The topological polar surface area (TPSA) is 196 Å². The molecular formula is C28H28N2O9. The van der Waals surface area contributed by atoms with Crippen molar-refractivity contribution in [3.8, 4) is 16.9 Å². The second-order valence-corrected chi connectivity index (χ2v) is 10.8. The van der Waals surface area contributed by atoms with E-state index in [9.17, 15) is 44.4 Å². The minimum absolute atomic E-state index is 0.0753. The number of rotatable bonds is 4. The van der Waals surface area contributed by atoms with E-state index in [4.69, 9.17) is 5.73 Å². The number of amides is 1. The summed E-state index contributed by atoms with van der Waals surface area (Å²) in [6, 6.07) is 8.13. The molecule has 2 aromatic carbocycles. The fourth-order valence-corrected chi connectivity index (χ4v) is 6.84.